The Morgan fingerprint density at radius 1 is 0.893 bits per heavy atom. The van der Waals surface area contributed by atoms with Crippen molar-refractivity contribution in [1.82, 2.24) is 4.57 Å². The van der Waals surface area contributed by atoms with Crippen molar-refractivity contribution in [2.45, 2.75) is 20.3 Å². The Balaban J connectivity index is 0.000000380. The van der Waals surface area contributed by atoms with Crippen LogP contribution in [0.1, 0.15) is 19.0 Å². The second kappa shape index (κ2) is 10.4. The number of aromatic nitrogens is 1. The molecule has 0 amide bonds. The second-order valence-electron chi connectivity index (χ2n) is 6.49. The maximum Gasteiger partial charge on any atom is 4.00 e. The number of allylic oxidation sites excluding steroid dienone is 4. The smallest absolute Gasteiger partial charge is 1.00 e. The molecule has 0 bridgehead atoms. The Labute approximate surface area is 183 Å². The number of nitrogens with zero attached hydrogens (tertiary/aromatic N) is 1. The van der Waals surface area contributed by atoms with Crippen LogP contribution in [0.15, 0.2) is 84.5 Å². The number of benzene rings is 2. The summed E-state index contributed by atoms with van der Waals surface area (Å²) in [6.45, 7) is 4.22. The molecule has 0 aliphatic heterocycles. The van der Waals surface area contributed by atoms with Crippen molar-refractivity contribution < 1.29 is 35.6 Å². The Kier molecular flexibility index (Phi) is 8.84. The van der Waals surface area contributed by atoms with Crippen LogP contribution in [0.3, 0.4) is 0 Å². The fourth-order valence-electron chi connectivity index (χ4n) is 3.41. The van der Waals surface area contributed by atoms with Gasteiger partial charge in [-0.15, -0.1) is 47.5 Å². The third-order valence-corrected chi connectivity index (χ3v) is 4.62. The number of rotatable bonds is 1. The molecule has 0 spiro atoms. The molecule has 140 valence electrons. The predicted molar refractivity (Wildman–Crippen MR) is 107 cm³/mol. The predicted octanol–water partition coefficient (Wildman–Crippen LogP) is 0.512. The minimum atomic E-state index is 0. The average Bonchev–Trinajstić information content (AvgIpc) is 3.32. The standard InChI is InChI=1S/C18H14N.C6H7.2FH.Zr/c1-13-10-16-8-4-5-9-18(16)19(13)17-11-14-6-2-3-7-15(14)12-17;1-6-4-2-3-5-6;;;/h2-12H,1H3;2,4H,3H2,1H3;2*1H;/q2*-1;;;+4/p-2. The van der Waals surface area contributed by atoms with Gasteiger partial charge in [0.05, 0.1) is 5.52 Å². The van der Waals surface area contributed by atoms with Crippen LogP contribution in [0.2, 0.25) is 0 Å². The van der Waals surface area contributed by atoms with E-state index in [0.29, 0.717) is 0 Å². The number of hydrogen-bond donors (Lipinski definition) is 0. The largest absolute Gasteiger partial charge is 4.00 e. The molecular formula is C24H21F2NZr. The van der Waals surface area contributed by atoms with Gasteiger partial charge in [0, 0.05) is 11.1 Å². The number of hydrogen-bond acceptors (Lipinski definition) is 0. The van der Waals surface area contributed by atoms with Crippen molar-refractivity contribution in [2.75, 3.05) is 0 Å². The van der Waals surface area contributed by atoms with Crippen LogP contribution in [0.5, 0.6) is 0 Å². The average molecular weight is 453 g/mol. The van der Waals surface area contributed by atoms with E-state index in [4.69, 9.17) is 0 Å². The van der Waals surface area contributed by atoms with Crippen LogP contribution in [-0.2, 0) is 26.2 Å². The van der Waals surface area contributed by atoms with Gasteiger partial charge in [0.25, 0.3) is 0 Å². The van der Waals surface area contributed by atoms with Gasteiger partial charge in [-0.1, -0.05) is 31.2 Å². The van der Waals surface area contributed by atoms with Gasteiger partial charge in [0.1, 0.15) is 0 Å². The molecule has 1 aromatic heterocycles. The van der Waals surface area contributed by atoms with E-state index in [-0.39, 0.29) is 35.6 Å². The van der Waals surface area contributed by atoms with E-state index in [1.54, 1.807) is 0 Å². The third-order valence-electron chi connectivity index (χ3n) is 4.62. The van der Waals surface area contributed by atoms with Gasteiger partial charge in [-0.05, 0) is 24.7 Å². The first-order chi connectivity index (χ1) is 12.2. The molecule has 0 unspecified atom stereocenters. The van der Waals surface area contributed by atoms with Gasteiger partial charge in [-0.2, -0.15) is 6.08 Å². The molecule has 1 heterocycles. The molecule has 0 fully saturated rings. The van der Waals surface area contributed by atoms with E-state index in [2.05, 4.69) is 103 Å². The first-order valence-electron chi connectivity index (χ1n) is 8.69. The number of aryl methyl sites for hydroxylation is 1. The molecular weight excluding hydrogens is 431 g/mol. The topological polar surface area (TPSA) is 4.93 Å². The molecule has 0 radical (unpaired) electrons. The second-order valence-corrected chi connectivity index (χ2v) is 6.49. The fraction of sp³-hybridized carbons (Fsp3) is 0.125. The monoisotopic (exact) mass is 451 g/mol. The van der Waals surface area contributed by atoms with E-state index in [1.807, 2.05) is 0 Å². The van der Waals surface area contributed by atoms with Crippen LogP contribution in [-0.4, -0.2) is 4.57 Å². The van der Waals surface area contributed by atoms with Crippen molar-refractivity contribution in [3.8, 4) is 5.69 Å². The Morgan fingerprint density at radius 2 is 1.57 bits per heavy atom. The summed E-state index contributed by atoms with van der Waals surface area (Å²) < 4.78 is 2.33. The van der Waals surface area contributed by atoms with E-state index < -0.39 is 0 Å². The quantitative estimate of drug-likeness (QED) is 0.371. The summed E-state index contributed by atoms with van der Waals surface area (Å²) in [5.41, 5.74) is 5.07. The maximum atomic E-state index is 3.12. The maximum absolute atomic E-state index is 3.12. The van der Waals surface area contributed by atoms with Crippen molar-refractivity contribution in [3.05, 3.63) is 96.2 Å². The van der Waals surface area contributed by atoms with Crippen molar-refractivity contribution >= 4 is 21.7 Å². The van der Waals surface area contributed by atoms with Crippen LogP contribution >= 0.6 is 0 Å². The molecule has 28 heavy (non-hydrogen) atoms. The minimum absolute atomic E-state index is 0. The summed E-state index contributed by atoms with van der Waals surface area (Å²) in [5, 5.41) is 3.90. The number of para-hydroxylation sites is 1. The van der Waals surface area contributed by atoms with Gasteiger partial charge in [0.15, 0.2) is 0 Å². The first kappa shape index (κ1) is 23.9. The minimum Gasteiger partial charge on any atom is -1.00 e. The van der Waals surface area contributed by atoms with Gasteiger partial charge in [0.2, 0.25) is 0 Å². The van der Waals surface area contributed by atoms with Gasteiger partial charge < -0.3 is 14.0 Å². The zero-order valence-corrected chi connectivity index (χ0v) is 18.4. The SMILES string of the molecule is CC1=[C-]CC=C1.Cc1cc2ccccc2n1-c1cc2ccccc2[cH-]1.[F-].[F-].[Zr+4]. The molecule has 0 saturated carbocycles. The molecule has 5 rings (SSSR count). The molecule has 1 aliphatic carbocycles. The zero-order chi connectivity index (χ0) is 17.2. The van der Waals surface area contributed by atoms with E-state index in [1.165, 1.54) is 38.6 Å². The number of fused-ring (bicyclic) bond motifs is 2. The van der Waals surface area contributed by atoms with Crippen LogP contribution in [0.25, 0.3) is 27.4 Å². The zero-order valence-electron chi connectivity index (χ0n) is 15.9. The van der Waals surface area contributed by atoms with Crippen LogP contribution in [0, 0.1) is 13.0 Å². The Hall–Kier alpha value is -2.19. The molecule has 0 saturated heterocycles. The van der Waals surface area contributed by atoms with E-state index in [0.717, 1.165) is 6.42 Å². The summed E-state index contributed by atoms with van der Waals surface area (Å²) in [5.74, 6) is 0. The van der Waals surface area contributed by atoms with Gasteiger partial charge in [-0.25, -0.2) is 11.6 Å². The number of halogens is 2. The van der Waals surface area contributed by atoms with Crippen molar-refractivity contribution in [1.29, 1.82) is 0 Å². The first-order valence-corrected chi connectivity index (χ1v) is 8.69. The summed E-state index contributed by atoms with van der Waals surface area (Å²) in [7, 11) is 0. The molecule has 0 N–H and O–H groups in total. The van der Waals surface area contributed by atoms with E-state index in [9.17, 15) is 0 Å². The summed E-state index contributed by atoms with van der Waals surface area (Å²) in [6.07, 6.45) is 8.33. The summed E-state index contributed by atoms with van der Waals surface area (Å²) >= 11 is 0. The van der Waals surface area contributed by atoms with Crippen molar-refractivity contribution in [2.24, 2.45) is 0 Å². The summed E-state index contributed by atoms with van der Waals surface area (Å²) in [6, 6.07) is 23.8. The molecule has 1 aliphatic rings. The molecule has 3 aromatic carbocycles. The van der Waals surface area contributed by atoms with E-state index >= 15 is 0 Å². The Bertz CT molecular complexity index is 1070. The van der Waals surface area contributed by atoms with Crippen LogP contribution in [0.4, 0.5) is 0 Å². The van der Waals surface area contributed by atoms with Crippen molar-refractivity contribution in [3.63, 3.8) is 0 Å². The fourth-order valence-corrected chi connectivity index (χ4v) is 3.41. The van der Waals surface area contributed by atoms with Gasteiger partial charge in [-0.3, -0.25) is 6.08 Å². The third kappa shape index (κ3) is 4.80. The molecule has 0 atom stereocenters. The normalized spacial score (nSPS) is 11.7. The molecule has 1 nitrogen and oxygen atoms in total. The van der Waals surface area contributed by atoms with Crippen LogP contribution < -0.4 is 9.41 Å². The molecule has 4 aromatic rings. The van der Waals surface area contributed by atoms with Gasteiger partial charge >= 0.3 is 26.2 Å². The molecule has 4 heteroatoms. The Morgan fingerprint density at radius 3 is 2.18 bits per heavy atom. The summed E-state index contributed by atoms with van der Waals surface area (Å²) in [4.78, 5) is 0.